The van der Waals surface area contributed by atoms with Crippen LogP contribution in [0.1, 0.15) is 12.8 Å². The average molecular weight is 302 g/mol. The predicted octanol–water partition coefficient (Wildman–Crippen LogP) is -0.0142. The highest BCUT2D eigenvalue weighted by molar-refractivity contribution is 5.94. The molecule has 2 atom stereocenters. The Morgan fingerprint density at radius 3 is 2.73 bits per heavy atom. The number of primary amides is 1. The highest BCUT2D eigenvalue weighted by atomic mass is 16.2. The Kier molecular flexibility index (Phi) is 5.72. The van der Waals surface area contributed by atoms with Gasteiger partial charge in [-0.1, -0.05) is 24.3 Å². The van der Waals surface area contributed by atoms with Crippen molar-refractivity contribution in [2.24, 2.45) is 11.7 Å². The summed E-state index contributed by atoms with van der Waals surface area (Å²) in [6, 6.07) is 9.58. The highest BCUT2D eigenvalue weighted by Crippen LogP contribution is 2.13. The summed E-state index contributed by atoms with van der Waals surface area (Å²) in [5, 5.41) is 0. The van der Waals surface area contributed by atoms with Crippen LogP contribution in [0.4, 0.5) is 5.69 Å². The van der Waals surface area contributed by atoms with Crippen molar-refractivity contribution in [1.82, 2.24) is 0 Å². The van der Waals surface area contributed by atoms with E-state index >= 15 is 0 Å². The standard InChI is InChI=1S/C17H23N3O2/c1-2-10-20(15-8-4-3-5-9-15)16(21)13-19-11-6-7-14(12-19)17(18)22/h2-5,8-9,14H,1,6-7,10-13H2,(H2,18,22)/p+1/t14-/m0/s1. The van der Waals surface area contributed by atoms with Gasteiger partial charge in [0.25, 0.3) is 5.91 Å². The fourth-order valence-electron chi connectivity index (χ4n) is 2.95. The van der Waals surface area contributed by atoms with Crippen LogP contribution in [-0.2, 0) is 9.59 Å². The Morgan fingerprint density at radius 1 is 1.36 bits per heavy atom. The average Bonchev–Trinajstić information content (AvgIpc) is 2.53. The number of piperidine rings is 1. The van der Waals surface area contributed by atoms with Gasteiger partial charge in [-0.25, -0.2) is 0 Å². The molecule has 3 N–H and O–H groups in total. The molecule has 1 aliphatic heterocycles. The quantitative estimate of drug-likeness (QED) is 0.726. The molecule has 2 amide bonds. The minimum absolute atomic E-state index is 0.0474. The molecule has 0 aromatic heterocycles. The number of amides is 2. The van der Waals surface area contributed by atoms with E-state index in [1.165, 1.54) is 0 Å². The summed E-state index contributed by atoms with van der Waals surface area (Å²) in [6.07, 6.45) is 3.49. The summed E-state index contributed by atoms with van der Waals surface area (Å²) >= 11 is 0. The first-order valence-corrected chi connectivity index (χ1v) is 7.71. The Labute approximate surface area is 131 Å². The second-order valence-electron chi connectivity index (χ2n) is 5.75. The molecule has 1 saturated heterocycles. The van der Waals surface area contributed by atoms with Gasteiger partial charge in [0.1, 0.15) is 0 Å². The van der Waals surface area contributed by atoms with E-state index in [1.807, 2.05) is 30.3 Å². The predicted molar refractivity (Wildman–Crippen MR) is 86.5 cm³/mol. The zero-order chi connectivity index (χ0) is 15.9. The van der Waals surface area contributed by atoms with Crippen molar-refractivity contribution < 1.29 is 14.5 Å². The number of anilines is 1. The molecule has 5 nitrogen and oxygen atoms in total. The van der Waals surface area contributed by atoms with Crippen LogP contribution in [0.2, 0.25) is 0 Å². The van der Waals surface area contributed by atoms with Gasteiger partial charge in [-0.15, -0.1) is 6.58 Å². The van der Waals surface area contributed by atoms with E-state index in [9.17, 15) is 9.59 Å². The third-order valence-corrected chi connectivity index (χ3v) is 4.10. The number of rotatable bonds is 6. The molecular weight excluding hydrogens is 278 g/mol. The van der Waals surface area contributed by atoms with Crippen LogP contribution in [0.3, 0.4) is 0 Å². The number of likely N-dealkylation sites (tertiary alicyclic amines) is 1. The van der Waals surface area contributed by atoms with Gasteiger partial charge < -0.3 is 15.5 Å². The summed E-state index contributed by atoms with van der Waals surface area (Å²) < 4.78 is 0. The van der Waals surface area contributed by atoms with Crippen LogP contribution in [0, 0.1) is 5.92 Å². The molecule has 22 heavy (non-hydrogen) atoms. The molecule has 0 bridgehead atoms. The summed E-state index contributed by atoms with van der Waals surface area (Å²) in [7, 11) is 0. The number of hydrogen-bond donors (Lipinski definition) is 2. The van der Waals surface area contributed by atoms with E-state index in [4.69, 9.17) is 5.73 Å². The number of benzene rings is 1. The molecule has 1 aromatic carbocycles. The van der Waals surface area contributed by atoms with Crippen molar-refractivity contribution in [2.45, 2.75) is 12.8 Å². The van der Waals surface area contributed by atoms with E-state index in [1.54, 1.807) is 11.0 Å². The van der Waals surface area contributed by atoms with E-state index in [-0.39, 0.29) is 17.7 Å². The van der Waals surface area contributed by atoms with E-state index in [0.29, 0.717) is 19.6 Å². The summed E-state index contributed by atoms with van der Waals surface area (Å²) in [6.45, 7) is 6.15. The number of quaternary nitrogens is 1. The first-order valence-electron chi connectivity index (χ1n) is 7.71. The maximum absolute atomic E-state index is 12.6. The van der Waals surface area contributed by atoms with Gasteiger partial charge in [-0.3, -0.25) is 9.59 Å². The van der Waals surface area contributed by atoms with Gasteiger partial charge in [0, 0.05) is 12.2 Å². The molecule has 1 aromatic rings. The van der Waals surface area contributed by atoms with Crippen molar-refractivity contribution in [2.75, 3.05) is 31.1 Å². The number of para-hydroxylation sites is 1. The SMILES string of the molecule is C=CCN(C(=O)C[NH+]1CCC[C@H](C(N)=O)C1)c1ccccc1. The number of carbonyl (C=O) groups is 2. The smallest absolute Gasteiger partial charge is 0.282 e. The maximum atomic E-state index is 12.6. The zero-order valence-electron chi connectivity index (χ0n) is 12.8. The Hall–Kier alpha value is -2.14. The summed E-state index contributed by atoms with van der Waals surface area (Å²) in [4.78, 5) is 26.8. The molecule has 0 radical (unpaired) electrons. The molecule has 2 rings (SSSR count). The number of nitrogens with zero attached hydrogens (tertiary/aromatic N) is 1. The third-order valence-electron chi connectivity index (χ3n) is 4.10. The van der Waals surface area contributed by atoms with Crippen molar-refractivity contribution in [3.05, 3.63) is 43.0 Å². The Morgan fingerprint density at radius 2 is 2.09 bits per heavy atom. The molecule has 0 spiro atoms. The normalized spacial score (nSPS) is 21.1. The molecule has 1 aliphatic rings. The molecule has 5 heteroatoms. The Bertz CT molecular complexity index is 530. The lowest BCUT2D eigenvalue weighted by Crippen LogP contribution is -3.15. The van der Waals surface area contributed by atoms with Crippen LogP contribution < -0.4 is 15.5 Å². The summed E-state index contributed by atoms with van der Waals surface area (Å²) in [5.41, 5.74) is 6.27. The van der Waals surface area contributed by atoms with Gasteiger partial charge >= 0.3 is 0 Å². The fraction of sp³-hybridized carbons (Fsp3) is 0.412. The molecule has 1 unspecified atom stereocenters. The van der Waals surface area contributed by atoms with Crippen LogP contribution >= 0.6 is 0 Å². The van der Waals surface area contributed by atoms with Crippen molar-refractivity contribution in [1.29, 1.82) is 0 Å². The van der Waals surface area contributed by atoms with Crippen LogP contribution in [0.5, 0.6) is 0 Å². The van der Waals surface area contributed by atoms with E-state index in [2.05, 4.69) is 6.58 Å². The second-order valence-corrected chi connectivity index (χ2v) is 5.75. The lowest BCUT2D eigenvalue weighted by Gasteiger charge is -2.30. The number of hydrogen-bond acceptors (Lipinski definition) is 2. The van der Waals surface area contributed by atoms with Gasteiger partial charge in [0.2, 0.25) is 5.91 Å². The zero-order valence-corrected chi connectivity index (χ0v) is 12.8. The highest BCUT2D eigenvalue weighted by Gasteiger charge is 2.29. The monoisotopic (exact) mass is 302 g/mol. The van der Waals surface area contributed by atoms with Crippen molar-refractivity contribution in [3.63, 3.8) is 0 Å². The third kappa shape index (κ3) is 4.18. The number of nitrogens with two attached hydrogens (primary N) is 1. The topological polar surface area (TPSA) is 67.8 Å². The first kappa shape index (κ1) is 16.2. The lowest BCUT2D eigenvalue weighted by atomic mass is 9.97. The molecule has 0 aliphatic carbocycles. The van der Waals surface area contributed by atoms with Gasteiger partial charge in [0.05, 0.1) is 19.0 Å². The molecule has 1 fully saturated rings. The van der Waals surface area contributed by atoms with Gasteiger partial charge in [-0.05, 0) is 25.0 Å². The summed E-state index contributed by atoms with van der Waals surface area (Å²) in [5.74, 6) is -0.317. The molecule has 0 saturated carbocycles. The lowest BCUT2D eigenvalue weighted by molar-refractivity contribution is -0.899. The fourth-order valence-corrected chi connectivity index (χ4v) is 2.95. The number of nitrogens with one attached hydrogen (secondary N) is 1. The van der Waals surface area contributed by atoms with Gasteiger partial charge in [-0.2, -0.15) is 0 Å². The number of carbonyl (C=O) groups excluding carboxylic acids is 2. The maximum Gasteiger partial charge on any atom is 0.282 e. The molecule has 1 heterocycles. The van der Waals surface area contributed by atoms with Crippen LogP contribution in [0.25, 0.3) is 0 Å². The van der Waals surface area contributed by atoms with Gasteiger partial charge in [0.15, 0.2) is 6.54 Å². The Balaban J connectivity index is 2.02. The van der Waals surface area contributed by atoms with E-state index < -0.39 is 0 Å². The van der Waals surface area contributed by atoms with Crippen molar-refractivity contribution >= 4 is 17.5 Å². The van der Waals surface area contributed by atoms with Crippen molar-refractivity contribution in [3.8, 4) is 0 Å². The minimum Gasteiger partial charge on any atom is -0.369 e. The first-order chi connectivity index (χ1) is 10.6. The van der Waals surface area contributed by atoms with Crippen LogP contribution in [-0.4, -0.2) is 38.0 Å². The second kappa shape index (κ2) is 7.75. The molecule has 118 valence electrons. The van der Waals surface area contributed by atoms with Crippen LogP contribution in [0.15, 0.2) is 43.0 Å². The molecular formula is C17H24N3O2+. The minimum atomic E-state index is -0.254. The largest absolute Gasteiger partial charge is 0.369 e. The van der Waals surface area contributed by atoms with E-state index in [0.717, 1.165) is 30.0 Å².